The first-order valence-corrected chi connectivity index (χ1v) is 8.24. The number of halogens is 1. The van der Waals surface area contributed by atoms with Crippen LogP contribution in [0.4, 0.5) is 4.39 Å². The minimum absolute atomic E-state index is 0.195. The lowest BCUT2D eigenvalue weighted by Gasteiger charge is -2.31. The number of pyridine rings is 1. The predicted octanol–water partition coefficient (Wildman–Crippen LogP) is 2.80. The van der Waals surface area contributed by atoms with Crippen molar-refractivity contribution in [1.29, 1.82) is 0 Å². The Bertz CT molecular complexity index is 527. The Balaban J connectivity index is 1.75. The molecule has 5 nitrogen and oxygen atoms in total. The third-order valence-electron chi connectivity index (χ3n) is 4.45. The van der Waals surface area contributed by atoms with Gasteiger partial charge in [0.2, 0.25) is 0 Å². The van der Waals surface area contributed by atoms with Crippen LogP contribution in [-0.2, 0) is 19.0 Å². The van der Waals surface area contributed by atoms with Crippen molar-refractivity contribution in [1.82, 2.24) is 4.98 Å². The normalized spacial score (nSPS) is 24.1. The van der Waals surface area contributed by atoms with Gasteiger partial charge in [-0.1, -0.05) is 19.3 Å². The van der Waals surface area contributed by atoms with E-state index in [-0.39, 0.29) is 12.5 Å². The van der Waals surface area contributed by atoms with Crippen molar-refractivity contribution in [3.63, 3.8) is 0 Å². The second-order valence-electron chi connectivity index (χ2n) is 6.13. The quantitative estimate of drug-likeness (QED) is 0.798. The van der Waals surface area contributed by atoms with E-state index in [9.17, 15) is 9.18 Å². The van der Waals surface area contributed by atoms with Crippen molar-refractivity contribution < 1.29 is 23.4 Å². The first-order valence-electron chi connectivity index (χ1n) is 8.24. The van der Waals surface area contributed by atoms with Gasteiger partial charge in [-0.15, -0.1) is 0 Å². The van der Waals surface area contributed by atoms with Crippen LogP contribution in [0.25, 0.3) is 0 Å². The zero-order valence-corrected chi connectivity index (χ0v) is 13.1. The maximum Gasteiger partial charge on any atom is 0.338 e. The summed E-state index contributed by atoms with van der Waals surface area (Å²) in [5, 5.41) is 0. The van der Waals surface area contributed by atoms with Gasteiger partial charge in [-0.25, -0.2) is 9.18 Å². The highest BCUT2D eigenvalue weighted by Gasteiger charge is 2.32. The van der Waals surface area contributed by atoms with Crippen molar-refractivity contribution in [3.05, 3.63) is 29.8 Å². The summed E-state index contributed by atoms with van der Waals surface area (Å²) in [5.74, 6) is -0.665. The van der Waals surface area contributed by atoms with Crippen molar-refractivity contribution in [2.75, 3.05) is 19.8 Å². The molecule has 2 heterocycles. The van der Waals surface area contributed by atoms with Crippen LogP contribution < -0.4 is 0 Å². The number of carbonyl (C=O) groups excluding carboxylic acids is 1. The van der Waals surface area contributed by atoms with Crippen molar-refractivity contribution in [3.8, 4) is 0 Å². The minimum atomic E-state index is -0.698. The summed E-state index contributed by atoms with van der Waals surface area (Å²) in [6.45, 7) is 1.08. The molecule has 2 atom stereocenters. The van der Waals surface area contributed by atoms with E-state index in [1.807, 2.05) is 0 Å². The topological polar surface area (TPSA) is 57.7 Å². The number of hydrogen-bond acceptors (Lipinski definition) is 5. The van der Waals surface area contributed by atoms with Gasteiger partial charge in [0.05, 0.1) is 26.0 Å². The molecule has 2 fully saturated rings. The fourth-order valence-corrected chi connectivity index (χ4v) is 3.28. The number of nitrogens with zero attached hydrogens (tertiary/aromatic N) is 1. The van der Waals surface area contributed by atoms with Crippen molar-refractivity contribution in [2.24, 2.45) is 5.92 Å². The maximum atomic E-state index is 13.5. The van der Waals surface area contributed by atoms with Gasteiger partial charge < -0.3 is 14.2 Å². The molecule has 1 aliphatic heterocycles. The molecule has 0 radical (unpaired) electrons. The van der Waals surface area contributed by atoms with E-state index in [2.05, 4.69) is 4.98 Å². The van der Waals surface area contributed by atoms with Gasteiger partial charge in [0.1, 0.15) is 11.9 Å². The Hall–Kier alpha value is -1.53. The smallest absolute Gasteiger partial charge is 0.338 e. The third kappa shape index (κ3) is 4.26. The molecular formula is C17H22FNO4. The summed E-state index contributed by atoms with van der Waals surface area (Å²) < 4.78 is 29.9. The van der Waals surface area contributed by atoms with Gasteiger partial charge in [-0.3, -0.25) is 4.98 Å². The first-order chi connectivity index (χ1) is 11.2. The molecule has 1 aromatic heterocycles. The standard InChI is InChI=1S/C17H22FNO4/c18-14-8-13(9-19-10-14)16(12-4-2-1-3-5-12)23-17(20)15-11-21-6-7-22-15/h8-10,12,15-16H,1-7,11H2/t15-,16-/m0/s1. The molecule has 0 N–H and O–H groups in total. The van der Waals surface area contributed by atoms with Gasteiger partial charge in [-0.2, -0.15) is 0 Å². The summed E-state index contributed by atoms with van der Waals surface area (Å²) in [6.07, 6.45) is 6.89. The van der Waals surface area contributed by atoms with Crippen LogP contribution in [-0.4, -0.2) is 36.9 Å². The largest absolute Gasteiger partial charge is 0.455 e. The van der Waals surface area contributed by atoms with Crippen LogP contribution in [0.5, 0.6) is 0 Å². The highest BCUT2D eigenvalue weighted by atomic mass is 19.1. The van der Waals surface area contributed by atoms with Crippen LogP contribution in [0.2, 0.25) is 0 Å². The Morgan fingerprint density at radius 2 is 2.09 bits per heavy atom. The maximum absolute atomic E-state index is 13.5. The lowest BCUT2D eigenvalue weighted by Crippen LogP contribution is -2.38. The number of rotatable bonds is 4. The van der Waals surface area contributed by atoms with E-state index in [0.29, 0.717) is 18.8 Å². The molecule has 1 aliphatic carbocycles. The van der Waals surface area contributed by atoms with Crippen LogP contribution in [0.3, 0.4) is 0 Å². The molecule has 3 rings (SSSR count). The molecule has 2 aliphatic rings. The molecule has 1 saturated heterocycles. The number of carbonyl (C=O) groups is 1. The monoisotopic (exact) mass is 323 g/mol. The lowest BCUT2D eigenvalue weighted by atomic mass is 9.83. The highest BCUT2D eigenvalue weighted by Crippen LogP contribution is 2.37. The van der Waals surface area contributed by atoms with Gasteiger partial charge in [0, 0.05) is 17.7 Å². The molecule has 0 aromatic carbocycles. The van der Waals surface area contributed by atoms with E-state index in [1.54, 1.807) is 6.20 Å². The van der Waals surface area contributed by atoms with Gasteiger partial charge in [0.15, 0.2) is 6.10 Å². The summed E-state index contributed by atoms with van der Waals surface area (Å²) >= 11 is 0. The zero-order valence-electron chi connectivity index (χ0n) is 13.1. The summed E-state index contributed by atoms with van der Waals surface area (Å²) in [6, 6.07) is 1.40. The second-order valence-corrected chi connectivity index (χ2v) is 6.13. The Labute approximate surface area is 135 Å². The van der Waals surface area contributed by atoms with Crippen LogP contribution in [0, 0.1) is 11.7 Å². The summed E-state index contributed by atoms with van der Waals surface area (Å²) in [4.78, 5) is 16.3. The minimum Gasteiger partial charge on any atom is -0.455 e. The van der Waals surface area contributed by atoms with E-state index >= 15 is 0 Å². The molecular weight excluding hydrogens is 301 g/mol. The molecule has 0 amide bonds. The van der Waals surface area contributed by atoms with Crippen LogP contribution >= 0.6 is 0 Å². The molecule has 23 heavy (non-hydrogen) atoms. The fraction of sp³-hybridized carbons (Fsp3) is 0.647. The predicted molar refractivity (Wildman–Crippen MR) is 80.2 cm³/mol. The van der Waals surface area contributed by atoms with Crippen molar-refractivity contribution in [2.45, 2.75) is 44.3 Å². The van der Waals surface area contributed by atoms with Crippen LogP contribution in [0.15, 0.2) is 18.5 Å². The van der Waals surface area contributed by atoms with Gasteiger partial charge >= 0.3 is 5.97 Å². The van der Waals surface area contributed by atoms with Gasteiger partial charge in [-0.05, 0) is 18.9 Å². The fourth-order valence-electron chi connectivity index (χ4n) is 3.28. The SMILES string of the molecule is O=C(O[C@H](c1cncc(F)c1)C1CCCCC1)[C@@H]1COCCO1. The lowest BCUT2D eigenvalue weighted by molar-refractivity contribution is -0.179. The van der Waals surface area contributed by atoms with E-state index in [4.69, 9.17) is 14.2 Å². The molecule has 126 valence electrons. The molecule has 1 saturated carbocycles. The highest BCUT2D eigenvalue weighted by molar-refractivity contribution is 5.75. The molecule has 0 unspecified atom stereocenters. The molecule has 0 bridgehead atoms. The average Bonchev–Trinajstić information content (AvgIpc) is 2.61. The van der Waals surface area contributed by atoms with E-state index < -0.39 is 24.0 Å². The van der Waals surface area contributed by atoms with Crippen LogP contribution in [0.1, 0.15) is 43.8 Å². The Kier molecular flexibility index (Phi) is 5.56. The first kappa shape index (κ1) is 16.3. The molecule has 1 aromatic rings. The number of aromatic nitrogens is 1. The second kappa shape index (κ2) is 7.84. The summed E-state index contributed by atoms with van der Waals surface area (Å²) in [5.41, 5.74) is 0.613. The molecule has 0 spiro atoms. The number of ether oxygens (including phenoxy) is 3. The Morgan fingerprint density at radius 3 is 2.78 bits per heavy atom. The Morgan fingerprint density at radius 1 is 1.26 bits per heavy atom. The molecule has 6 heteroatoms. The summed E-state index contributed by atoms with van der Waals surface area (Å²) in [7, 11) is 0. The van der Waals surface area contributed by atoms with Crippen molar-refractivity contribution >= 4 is 5.97 Å². The average molecular weight is 323 g/mol. The van der Waals surface area contributed by atoms with E-state index in [1.165, 1.54) is 12.5 Å². The van der Waals surface area contributed by atoms with E-state index in [0.717, 1.165) is 31.9 Å². The third-order valence-corrected chi connectivity index (χ3v) is 4.45. The number of esters is 1. The number of hydrogen-bond donors (Lipinski definition) is 0. The zero-order chi connectivity index (χ0) is 16.1. The van der Waals surface area contributed by atoms with Gasteiger partial charge in [0.25, 0.3) is 0 Å².